The summed E-state index contributed by atoms with van der Waals surface area (Å²) in [4.78, 5) is 11.6. The molecule has 1 heterocycles. The van der Waals surface area contributed by atoms with E-state index in [4.69, 9.17) is 0 Å². The average molecular weight is 211 g/mol. The number of hydrogen-bond acceptors (Lipinski definition) is 4. The lowest BCUT2D eigenvalue weighted by molar-refractivity contribution is 0.0958. The second-order valence-corrected chi connectivity index (χ2v) is 3.49. The molecule has 0 radical (unpaired) electrons. The number of aryl methyl sites for hydroxylation is 1. The topological polar surface area (TPSA) is 54.0 Å². The first-order chi connectivity index (χ1) is 6.70. The van der Waals surface area contributed by atoms with Gasteiger partial charge in [0.15, 0.2) is 0 Å². The van der Waals surface area contributed by atoms with E-state index in [0.717, 1.165) is 10.7 Å². The third kappa shape index (κ3) is 2.11. The summed E-state index contributed by atoms with van der Waals surface area (Å²) in [6.45, 7) is 5.82. The van der Waals surface area contributed by atoms with Gasteiger partial charge in [-0.15, -0.1) is 6.58 Å². The van der Waals surface area contributed by atoms with Gasteiger partial charge in [-0.1, -0.05) is 6.08 Å². The molecular formula is C9H13N3OS. The molecule has 1 aromatic rings. The first kappa shape index (κ1) is 10.7. The van der Waals surface area contributed by atoms with E-state index in [0.29, 0.717) is 12.1 Å². The van der Waals surface area contributed by atoms with Gasteiger partial charge in [-0.3, -0.25) is 4.79 Å². The summed E-state index contributed by atoms with van der Waals surface area (Å²) in [6.07, 6.45) is 1.64. The number of hydrogen-bond donors (Lipinski definition) is 2. The van der Waals surface area contributed by atoms with E-state index in [1.54, 1.807) is 13.1 Å². The standard InChI is InChI=1S/C9H13N3OS/c1-4-5-11-8(13)7-6(2)12-14-9(7)10-3/h4,10H,1,5H2,2-3H3,(H,11,13). The molecule has 0 spiro atoms. The third-order valence-electron chi connectivity index (χ3n) is 1.72. The molecule has 0 saturated carbocycles. The van der Waals surface area contributed by atoms with Crippen molar-refractivity contribution in [2.45, 2.75) is 6.92 Å². The minimum absolute atomic E-state index is 0.111. The first-order valence-corrected chi connectivity index (χ1v) is 5.01. The minimum atomic E-state index is -0.111. The highest BCUT2D eigenvalue weighted by Gasteiger charge is 2.16. The molecule has 0 aromatic carbocycles. The molecule has 0 unspecified atom stereocenters. The maximum atomic E-state index is 11.6. The lowest BCUT2D eigenvalue weighted by Gasteiger charge is -2.03. The molecule has 1 rings (SSSR count). The SMILES string of the molecule is C=CCNC(=O)c1c(C)nsc1NC. The van der Waals surface area contributed by atoms with Gasteiger partial charge in [0.25, 0.3) is 5.91 Å². The van der Waals surface area contributed by atoms with Gasteiger partial charge in [0.1, 0.15) is 5.00 Å². The van der Waals surface area contributed by atoms with Crippen LogP contribution in [0.3, 0.4) is 0 Å². The van der Waals surface area contributed by atoms with Crippen molar-refractivity contribution in [3.8, 4) is 0 Å². The van der Waals surface area contributed by atoms with E-state index >= 15 is 0 Å². The average Bonchev–Trinajstić information content (AvgIpc) is 2.56. The summed E-state index contributed by atoms with van der Waals surface area (Å²) in [6, 6.07) is 0. The van der Waals surface area contributed by atoms with Gasteiger partial charge in [0.05, 0.1) is 11.3 Å². The van der Waals surface area contributed by atoms with Gasteiger partial charge in [0, 0.05) is 13.6 Å². The summed E-state index contributed by atoms with van der Waals surface area (Å²) in [5.41, 5.74) is 1.38. The quantitative estimate of drug-likeness (QED) is 0.740. The fraction of sp³-hybridized carbons (Fsp3) is 0.333. The number of carbonyl (C=O) groups excluding carboxylic acids is 1. The Balaban J connectivity index is 2.86. The van der Waals surface area contributed by atoms with Crippen LogP contribution in [-0.4, -0.2) is 23.9 Å². The summed E-state index contributed by atoms with van der Waals surface area (Å²) in [5, 5.41) is 6.46. The number of rotatable bonds is 4. The Morgan fingerprint density at radius 2 is 2.43 bits per heavy atom. The van der Waals surface area contributed by atoms with Gasteiger partial charge in [-0.05, 0) is 18.5 Å². The molecule has 1 aromatic heterocycles. The lowest BCUT2D eigenvalue weighted by Crippen LogP contribution is -2.24. The molecule has 4 nitrogen and oxygen atoms in total. The second-order valence-electron chi connectivity index (χ2n) is 2.72. The largest absolute Gasteiger partial charge is 0.378 e. The van der Waals surface area contributed by atoms with Crippen molar-refractivity contribution in [3.05, 3.63) is 23.9 Å². The summed E-state index contributed by atoms with van der Waals surface area (Å²) >= 11 is 1.29. The van der Waals surface area contributed by atoms with E-state index in [9.17, 15) is 4.79 Å². The molecule has 0 atom stereocenters. The molecule has 14 heavy (non-hydrogen) atoms. The maximum Gasteiger partial charge on any atom is 0.256 e. The molecule has 0 aliphatic heterocycles. The van der Waals surface area contributed by atoms with Crippen molar-refractivity contribution in [1.82, 2.24) is 9.69 Å². The van der Waals surface area contributed by atoms with Crippen molar-refractivity contribution in [3.63, 3.8) is 0 Å². The van der Waals surface area contributed by atoms with E-state index in [2.05, 4.69) is 21.6 Å². The van der Waals surface area contributed by atoms with E-state index in [-0.39, 0.29) is 5.91 Å². The number of carbonyl (C=O) groups is 1. The van der Waals surface area contributed by atoms with Gasteiger partial charge >= 0.3 is 0 Å². The molecule has 2 N–H and O–H groups in total. The summed E-state index contributed by atoms with van der Waals surface area (Å²) < 4.78 is 4.11. The van der Waals surface area contributed by atoms with Gasteiger partial charge in [-0.25, -0.2) is 0 Å². The Morgan fingerprint density at radius 3 is 3.00 bits per heavy atom. The fourth-order valence-electron chi connectivity index (χ4n) is 1.06. The van der Waals surface area contributed by atoms with E-state index < -0.39 is 0 Å². The lowest BCUT2D eigenvalue weighted by atomic mass is 10.2. The predicted octanol–water partition coefficient (Wildman–Crippen LogP) is 1.41. The van der Waals surface area contributed by atoms with Crippen LogP contribution in [0.2, 0.25) is 0 Å². The molecular weight excluding hydrogens is 198 g/mol. The highest BCUT2D eigenvalue weighted by molar-refractivity contribution is 7.10. The van der Waals surface area contributed by atoms with Crippen LogP contribution in [0.5, 0.6) is 0 Å². The highest BCUT2D eigenvalue weighted by atomic mass is 32.1. The van der Waals surface area contributed by atoms with Crippen LogP contribution in [0.25, 0.3) is 0 Å². The minimum Gasteiger partial charge on any atom is -0.378 e. The normalized spacial score (nSPS) is 9.57. The Morgan fingerprint density at radius 1 is 1.71 bits per heavy atom. The van der Waals surface area contributed by atoms with Crippen LogP contribution in [0, 0.1) is 6.92 Å². The Bertz CT molecular complexity index is 346. The van der Waals surface area contributed by atoms with Gasteiger partial charge in [-0.2, -0.15) is 4.37 Å². The second kappa shape index (κ2) is 4.76. The Kier molecular flexibility index (Phi) is 3.64. The first-order valence-electron chi connectivity index (χ1n) is 4.23. The van der Waals surface area contributed by atoms with Crippen molar-refractivity contribution in [1.29, 1.82) is 0 Å². The van der Waals surface area contributed by atoms with Crippen LogP contribution in [-0.2, 0) is 0 Å². The zero-order chi connectivity index (χ0) is 10.6. The smallest absolute Gasteiger partial charge is 0.256 e. The predicted molar refractivity (Wildman–Crippen MR) is 58.9 cm³/mol. The van der Waals surface area contributed by atoms with Crippen molar-refractivity contribution in [2.75, 3.05) is 18.9 Å². The van der Waals surface area contributed by atoms with Gasteiger partial charge in [0.2, 0.25) is 0 Å². The van der Waals surface area contributed by atoms with Crippen molar-refractivity contribution >= 4 is 22.4 Å². The van der Waals surface area contributed by atoms with Crippen LogP contribution in [0.4, 0.5) is 5.00 Å². The monoisotopic (exact) mass is 211 g/mol. The zero-order valence-corrected chi connectivity index (χ0v) is 9.07. The van der Waals surface area contributed by atoms with Crippen molar-refractivity contribution in [2.24, 2.45) is 0 Å². The highest BCUT2D eigenvalue weighted by Crippen LogP contribution is 2.23. The van der Waals surface area contributed by atoms with Crippen LogP contribution < -0.4 is 10.6 Å². The fourth-order valence-corrected chi connectivity index (χ4v) is 1.80. The number of nitrogens with one attached hydrogen (secondary N) is 2. The van der Waals surface area contributed by atoms with Crippen LogP contribution in [0.15, 0.2) is 12.7 Å². The zero-order valence-electron chi connectivity index (χ0n) is 8.26. The molecule has 0 aliphatic rings. The number of amides is 1. The third-order valence-corrected chi connectivity index (χ3v) is 2.68. The van der Waals surface area contributed by atoms with Gasteiger partial charge < -0.3 is 10.6 Å². The van der Waals surface area contributed by atoms with Crippen LogP contribution in [0.1, 0.15) is 16.1 Å². The summed E-state index contributed by atoms with van der Waals surface area (Å²) in [7, 11) is 1.78. The molecule has 0 fully saturated rings. The Labute approximate surface area is 87.2 Å². The molecule has 76 valence electrons. The van der Waals surface area contributed by atoms with E-state index in [1.807, 2.05) is 6.92 Å². The molecule has 0 bridgehead atoms. The van der Waals surface area contributed by atoms with Crippen LogP contribution >= 0.6 is 11.5 Å². The maximum absolute atomic E-state index is 11.6. The number of anilines is 1. The molecule has 1 amide bonds. The Hall–Kier alpha value is -1.36. The molecule has 5 heteroatoms. The number of aromatic nitrogens is 1. The van der Waals surface area contributed by atoms with Crippen molar-refractivity contribution < 1.29 is 4.79 Å². The van der Waals surface area contributed by atoms with E-state index in [1.165, 1.54) is 11.5 Å². The number of nitrogens with zero attached hydrogens (tertiary/aromatic N) is 1. The molecule has 0 saturated heterocycles. The summed E-state index contributed by atoms with van der Waals surface area (Å²) in [5.74, 6) is -0.111. The molecule has 0 aliphatic carbocycles.